The zero-order chi connectivity index (χ0) is 10.9. The maximum Gasteiger partial charge on any atom is 0.0305 e. The third kappa shape index (κ3) is 2.96. The Labute approximate surface area is 83.7 Å². The fourth-order valence-electron chi connectivity index (χ4n) is 2.10. The highest BCUT2D eigenvalue weighted by Crippen LogP contribution is 2.30. The molecule has 0 saturated carbocycles. The van der Waals surface area contributed by atoms with Crippen molar-refractivity contribution >= 4 is 0 Å². The van der Waals surface area contributed by atoms with E-state index in [1.54, 1.807) is 0 Å². The summed E-state index contributed by atoms with van der Waals surface area (Å²) < 4.78 is 0. The van der Waals surface area contributed by atoms with Crippen molar-refractivity contribution in [1.82, 2.24) is 10.2 Å². The molecule has 0 aromatic carbocycles. The molecule has 0 saturated heterocycles. The van der Waals surface area contributed by atoms with E-state index in [4.69, 9.17) is 0 Å². The van der Waals surface area contributed by atoms with Crippen LogP contribution in [0.4, 0.5) is 0 Å². The predicted molar refractivity (Wildman–Crippen MR) is 60.1 cm³/mol. The topological polar surface area (TPSA) is 15.3 Å². The van der Waals surface area contributed by atoms with Gasteiger partial charge in [-0.2, -0.15) is 0 Å². The zero-order valence-electron chi connectivity index (χ0n) is 10.5. The number of hydrogen-bond acceptors (Lipinski definition) is 2. The van der Waals surface area contributed by atoms with Gasteiger partial charge in [0.25, 0.3) is 0 Å². The van der Waals surface area contributed by atoms with Crippen molar-refractivity contribution in [1.29, 1.82) is 0 Å². The van der Waals surface area contributed by atoms with Gasteiger partial charge < -0.3 is 10.2 Å². The minimum Gasteiger partial charge on any atom is -0.315 e. The fraction of sp³-hybridized carbons (Fsp3) is 1.00. The minimum absolute atomic E-state index is 0.174. The lowest BCUT2D eigenvalue weighted by molar-refractivity contribution is 0.0777. The molecule has 0 aliphatic carbocycles. The molecule has 0 aliphatic heterocycles. The Bertz CT molecular complexity index is 154. The quantitative estimate of drug-likeness (QED) is 0.725. The minimum atomic E-state index is 0.174. The largest absolute Gasteiger partial charge is 0.315 e. The number of nitrogens with zero attached hydrogens (tertiary/aromatic N) is 1. The first kappa shape index (κ1) is 12.9. The van der Waals surface area contributed by atoms with Crippen molar-refractivity contribution in [2.24, 2.45) is 5.41 Å². The molecule has 0 heterocycles. The van der Waals surface area contributed by atoms with E-state index in [0.29, 0.717) is 6.04 Å². The van der Waals surface area contributed by atoms with Gasteiger partial charge in [-0.1, -0.05) is 20.8 Å². The van der Waals surface area contributed by atoms with Crippen LogP contribution in [0, 0.1) is 5.41 Å². The van der Waals surface area contributed by atoms with Crippen molar-refractivity contribution in [2.45, 2.75) is 46.2 Å². The Balaban J connectivity index is 4.77. The molecule has 0 bridgehead atoms. The Kier molecular flexibility index (Phi) is 3.95. The van der Waals surface area contributed by atoms with Crippen LogP contribution in [0.1, 0.15) is 34.6 Å². The van der Waals surface area contributed by atoms with Gasteiger partial charge in [-0.25, -0.2) is 0 Å². The lowest BCUT2D eigenvalue weighted by Crippen LogP contribution is -2.59. The Morgan fingerprint density at radius 1 is 1.00 bits per heavy atom. The van der Waals surface area contributed by atoms with Gasteiger partial charge in [-0.3, -0.25) is 0 Å². The summed E-state index contributed by atoms with van der Waals surface area (Å²) in [6, 6.07) is 0.481. The van der Waals surface area contributed by atoms with Crippen LogP contribution >= 0.6 is 0 Å². The van der Waals surface area contributed by atoms with E-state index < -0.39 is 0 Å². The van der Waals surface area contributed by atoms with Crippen LogP contribution in [0.5, 0.6) is 0 Å². The van der Waals surface area contributed by atoms with Crippen molar-refractivity contribution in [3.63, 3.8) is 0 Å². The van der Waals surface area contributed by atoms with Gasteiger partial charge >= 0.3 is 0 Å². The van der Waals surface area contributed by atoms with Gasteiger partial charge in [0, 0.05) is 11.6 Å². The van der Waals surface area contributed by atoms with Crippen LogP contribution in [-0.2, 0) is 0 Å². The van der Waals surface area contributed by atoms with Gasteiger partial charge in [0.1, 0.15) is 0 Å². The summed E-state index contributed by atoms with van der Waals surface area (Å²) in [5.74, 6) is 0. The van der Waals surface area contributed by atoms with Crippen molar-refractivity contribution in [3.05, 3.63) is 0 Å². The van der Waals surface area contributed by atoms with Crippen LogP contribution in [-0.4, -0.2) is 37.6 Å². The molecule has 1 N–H and O–H groups in total. The normalized spacial score (nSPS) is 16.4. The van der Waals surface area contributed by atoms with Crippen molar-refractivity contribution < 1.29 is 0 Å². The first-order chi connectivity index (χ1) is 5.64. The van der Waals surface area contributed by atoms with Crippen LogP contribution in [0.25, 0.3) is 0 Å². The molecule has 0 rings (SSSR count). The lowest BCUT2D eigenvalue weighted by atomic mass is 9.75. The van der Waals surface area contributed by atoms with Crippen LogP contribution < -0.4 is 5.32 Å². The standard InChI is InChI=1S/C11H26N2/c1-10(2,3)9(12-6)11(4,5)13(7)8/h9,12H,1-8H3. The van der Waals surface area contributed by atoms with E-state index in [-0.39, 0.29) is 11.0 Å². The molecule has 0 aliphatic rings. The smallest absolute Gasteiger partial charge is 0.0305 e. The second kappa shape index (κ2) is 3.97. The van der Waals surface area contributed by atoms with Gasteiger partial charge in [0.2, 0.25) is 0 Å². The molecule has 0 radical (unpaired) electrons. The monoisotopic (exact) mass is 186 g/mol. The highest BCUT2D eigenvalue weighted by atomic mass is 15.2. The van der Waals surface area contributed by atoms with Crippen molar-refractivity contribution in [3.8, 4) is 0 Å². The second-order valence-electron chi connectivity index (χ2n) is 5.64. The molecule has 13 heavy (non-hydrogen) atoms. The molecule has 2 nitrogen and oxygen atoms in total. The van der Waals surface area contributed by atoms with Gasteiger partial charge in [0.15, 0.2) is 0 Å². The molecule has 0 aromatic heterocycles. The zero-order valence-corrected chi connectivity index (χ0v) is 10.5. The maximum absolute atomic E-state index is 3.42. The molecule has 80 valence electrons. The van der Waals surface area contributed by atoms with Crippen LogP contribution in [0.2, 0.25) is 0 Å². The molecule has 0 aromatic rings. The van der Waals surface area contributed by atoms with E-state index in [2.05, 4.69) is 58.9 Å². The van der Waals surface area contributed by atoms with Crippen LogP contribution in [0.15, 0.2) is 0 Å². The number of rotatable bonds is 3. The molecule has 2 heteroatoms. The summed E-state index contributed by atoms with van der Waals surface area (Å²) in [6.45, 7) is 11.4. The summed E-state index contributed by atoms with van der Waals surface area (Å²) in [4.78, 5) is 2.28. The molecule has 0 spiro atoms. The molecule has 0 amide bonds. The number of nitrogens with one attached hydrogen (secondary N) is 1. The molecular formula is C11H26N2. The number of likely N-dealkylation sites (N-methyl/N-ethyl adjacent to an activating group) is 2. The van der Waals surface area contributed by atoms with E-state index in [1.165, 1.54) is 0 Å². The summed E-state index contributed by atoms with van der Waals surface area (Å²) in [7, 11) is 6.31. The Morgan fingerprint density at radius 2 is 1.38 bits per heavy atom. The first-order valence-electron chi connectivity index (χ1n) is 4.98. The van der Waals surface area contributed by atoms with Crippen molar-refractivity contribution in [2.75, 3.05) is 21.1 Å². The highest BCUT2D eigenvalue weighted by Gasteiger charge is 2.38. The SMILES string of the molecule is CNC(C(C)(C)C)C(C)(C)N(C)C. The molecule has 0 fully saturated rings. The number of hydrogen-bond donors (Lipinski definition) is 1. The molecule has 1 atom stereocenters. The van der Waals surface area contributed by atoms with E-state index >= 15 is 0 Å². The average molecular weight is 186 g/mol. The summed E-state index contributed by atoms with van der Waals surface area (Å²) in [5, 5.41) is 3.42. The summed E-state index contributed by atoms with van der Waals surface area (Å²) in [6.07, 6.45) is 0. The Hall–Kier alpha value is -0.0800. The summed E-state index contributed by atoms with van der Waals surface area (Å²) >= 11 is 0. The van der Waals surface area contributed by atoms with Gasteiger partial charge in [-0.15, -0.1) is 0 Å². The van der Waals surface area contributed by atoms with Gasteiger partial charge in [-0.05, 0) is 40.4 Å². The summed E-state index contributed by atoms with van der Waals surface area (Å²) in [5.41, 5.74) is 0.454. The highest BCUT2D eigenvalue weighted by molar-refractivity contribution is 4.97. The average Bonchev–Trinajstić information content (AvgIpc) is 1.83. The third-order valence-corrected chi connectivity index (χ3v) is 3.01. The second-order valence-corrected chi connectivity index (χ2v) is 5.64. The fourth-order valence-corrected chi connectivity index (χ4v) is 2.10. The first-order valence-corrected chi connectivity index (χ1v) is 4.98. The van der Waals surface area contributed by atoms with E-state index in [0.717, 1.165) is 0 Å². The van der Waals surface area contributed by atoms with E-state index in [9.17, 15) is 0 Å². The Morgan fingerprint density at radius 3 is 1.46 bits per heavy atom. The molecular weight excluding hydrogens is 160 g/mol. The predicted octanol–water partition coefficient (Wildman–Crippen LogP) is 1.96. The lowest BCUT2D eigenvalue weighted by Gasteiger charge is -2.46. The maximum atomic E-state index is 3.42. The molecule has 1 unspecified atom stereocenters. The third-order valence-electron chi connectivity index (χ3n) is 3.01. The van der Waals surface area contributed by atoms with Gasteiger partial charge in [0.05, 0.1) is 0 Å². The van der Waals surface area contributed by atoms with E-state index in [1.807, 2.05) is 7.05 Å². The van der Waals surface area contributed by atoms with Crippen LogP contribution in [0.3, 0.4) is 0 Å².